The first-order valence-corrected chi connectivity index (χ1v) is 6.55. The normalized spacial score (nSPS) is 10.9. The van der Waals surface area contributed by atoms with Crippen LogP contribution in [0.5, 0.6) is 0 Å². The summed E-state index contributed by atoms with van der Waals surface area (Å²) in [5, 5.41) is 4.27. The van der Waals surface area contributed by atoms with Gasteiger partial charge in [0.2, 0.25) is 0 Å². The number of thiophene rings is 1. The SMILES string of the molecule is Cc1sc(CN)cc1Cn1cc(I)cn1. The lowest BCUT2D eigenvalue weighted by molar-refractivity contribution is 0.685. The highest BCUT2D eigenvalue weighted by Gasteiger charge is 2.05. The van der Waals surface area contributed by atoms with Gasteiger partial charge in [-0.1, -0.05) is 0 Å². The first kappa shape index (κ1) is 11.1. The molecule has 0 aromatic carbocycles. The lowest BCUT2D eigenvalue weighted by atomic mass is 10.2. The fourth-order valence-electron chi connectivity index (χ4n) is 1.44. The first-order chi connectivity index (χ1) is 7.19. The highest BCUT2D eigenvalue weighted by Crippen LogP contribution is 2.21. The summed E-state index contributed by atoms with van der Waals surface area (Å²) in [4.78, 5) is 2.57. The van der Waals surface area contributed by atoms with Crippen LogP contribution in [0.4, 0.5) is 0 Å². The molecule has 0 atom stereocenters. The molecule has 5 heteroatoms. The quantitative estimate of drug-likeness (QED) is 0.877. The van der Waals surface area contributed by atoms with E-state index in [9.17, 15) is 0 Å². The number of hydrogen-bond donors (Lipinski definition) is 1. The topological polar surface area (TPSA) is 43.8 Å². The third-order valence-electron chi connectivity index (χ3n) is 2.21. The molecule has 2 aromatic heterocycles. The van der Waals surface area contributed by atoms with Gasteiger partial charge in [-0.05, 0) is 41.1 Å². The maximum atomic E-state index is 5.62. The number of aryl methyl sites for hydroxylation is 1. The molecule has 0 unspecified atom stereocenters. The lowest BCUT2D eigenvalue weighted by Crippen LogP contribution is -1.99. The van der Waals surface area contributed by atoms with E-state index in [4.69, 9.17) is 5.73 Å². The molecule has 0 aliphatic heterocycles. The van der Waals surface area contributed by atoms with Crippen molar-refractivity contribution in [3.8, 4) is 0 Å². The largest absolute Gasteiger partial charge is 0.326 e. The van der Waals surface area contributed by atoms with Crippen molar-refractivity contribution < 1.29 is 0 Å². The summed E-state index contributed by atoms with van der Waals surface area (Å²) in [5.74, 6) is 0. The minimum absolute atomic E-state index is 0.627. The van der Waals surface area contributed by atoms with Crippen LogP contribution in [0.2, 0.25) is 0 Å². The highest BCUT2D eigenvalue weighted by atomic mass is 127. The molecule has 0 aliphatic carbocycles. The maximum Gasteiger partial charge on any atom is 0.0670 e. The molecule has 2 aromatic rings. The van der Waals surface area contributed by atoms with Crippen LogP contribution >= 0.6 is 33.9 Å². The standard InChI is InChI=1S/C10H12IN3S/c1-7-8(2-10(3-12)15-7)5-14-6-9(11)4-13-14/h2,4,6H,3,5,12H2,1H3. The van der Waals surface area contributed by atoms with E-state index in [1.807, 2.05) is 17.1 Å². The second-order valence-electron chi connectivity index (χ2n) is 3.35. The third kappa shape index (κ3) is 2.59. The van der Waals surface area contributed by atoms with Gasteiger partial charge in [0, 0.05) is 22.5 Å². The molecule has 0 radical (unpaired) electrons. The fourth-order valence-corrected chi connectivity index (χ4v) is 2.82. The third-order valence-corrected chi connectivity index (χ3v) is 3.88. The van der Waals surface area contributed by atoms with E-state index in [1.165, 1.54) is 18.9 Å². The zero-order chi connectivity index (χ0) is 10.8. The maximum absolute atomic E-state index is 5.62. The molecule has 0 saturated heterocycles. The molecule has 0 bridgehead atoms. The predicted molar refractivity (Wildman–Crippen MR) is 71.0 cm³/mol. The van der Waals surface area contributed by atoms with Crippen LogP contribution in [-0.4, -0.2) is 9.78 Å². The van der Waals surface area contributed by atoms with Crippen LogP contribution in [-0.2, 0) is 13.1 Å². The monoisotopic (exact) mass is 333 g/mol. The van der Waals surface area contributed by atoms with Crippen molar-refractivity contribution in [2.24, 2.45) is 5.73 Å². The minimum Gasteiger partial charge on any atom is -0.326 e. The molecule has 0 fully saturated rings. The summed E-state index contributed by atoms with van der Waals surface area (Å²) in [5.41, 5.74) is 6.94. The zero-order valence-corrected chi connectivity index (χ0v) is 11.4. The average molecular weight is 333 g/mol. The van der Waals surface area contributed by atoms with Crippen molar-refractivity contribution in [3.05, 3.63) is 37.3 Å². The van der Waals surface area contributed by atoms with Crippen LogP contribution in [0.3, 0.4) is 0 Å². The molecule has 0 amide bonds. The van der Waals surface area contributed by atoms with Crippen molar-refractivity contribution >= 4 is 33.9 Å². The Balaban J connectivity index is 2.20. The summed E-state index contributed by atoms with van der Waals surface area (Å²) < 4.78 is 3.12. The van der Waals surface area contributed by atoms with Gasteiger partial charge < -0.3 is 5.73 Å². The Morgan fingerprint density at radius 1 is 1.60 bits per heavy atom. The Morgan fingerprint density at radius 3 is 2.93 bits per heavy atom. The molecule has 0 saturated carbocycles. The minimum atomic E-state index is 0.627. The van der Waals surface area contributed by atoms with Crippen molar-refractivity contribution in [3.63, 3.8) is 0 Å². The molecule has 80 valence electrons. The van der Waals surface area contributed by atoms with Gasteiger partial charge in [-0.15, -0.1) is 11.3 Å². The molecule has 2 N–H and O–H groups in total. The molecule has 0 spiro atoms. The molecule has 0 aliphatic rings. The van der Waals surface area contributed by atoms with Gasteiger partial charge in [-0.3, -0.25) is 4.68 Å². The smallest absolute Gasteiger partial charge is 0.0670 e. The molecular weight excluding hydrogens is 321 g/mol. The van der Waals surface area contributed by atoms with Gasteiger partial charge in [0.05, 0.1) is 16.3 Å². The summed E-state index contributed by atoms with van der Waals surface area (Å²) in [6.07, 6.45) is 3.91. The number of hydrogen-bond acceptors (Lipinski definition) is 3. The average Bonchev–Trinajstić information content (AvgIpc) is 2.75. The van der Waals surface area contributed by atoms with Crippen LogP contribution in [0.25, 0.3) is 0 Å². The Hall–Kier alpha value is -0.400. The highest BCUT2D eigenvalue weighted by molar-refractivity contribution is 14.1. The molecular formula is C10H12IN3S. The van der Waals surface area contributed by atoms with Crippen molar-refractivity contribution in [1.82, 2.24) is 9.78 Å². The molecule has 3 nitrogen and oxygen atoms in total. The van der Waals surface area contributed by atoms with Crippen LogP contribution in [0.15, 0.2) is 18.5 Å². The first-order valence-electron chi connectivity index (χ1n) is 4.65. The van der Waals surface area contributed by atoms with E-state index < -0.39 is 0 Å². The Kier molecular flexibility index (Phi) is 3.42. The van der Waals surface area contributed by atoms with Gasteiger partial charge in [-0.2, -0.15) is 5.10 Å². The van der Waals surface area contributed by atoms with Crippen molar-refractivity contribution in [1.29, 1.82) is 0 Å². The number of nitrogens with zero attached hydrogens (tertiary/aromatic N) is 2. The van der Waals surface area contributed by atoms with E-state index in [0.29, 0.717) is 6.54 Å². The number of halogens is 1. The van der Waals surface area contributed by atoms with Crippen molar-refractivity contribution in [2.75, 3.05) is 0 Å². The van der Waals surface area contributed by atoms with Crippen LogP contribution < -0.4 is 5.73 Å². The number of nitrogens with two attached hydrogens (primary N) is 1. The summed E-state index contributed by atoms with van der Waals surface area (Å²) in [7, 11) is 0. The van der Waals surface area contributed by atoms with E-state index in [2.05, 4.69) is 40.7 Å². The summed E-state index contributed by atoms with van der Waals surface area (Å²) >= 11 is 4.04. The Morgan fingerprint density at radius 2 is 2.40 bits per heavy atom. The zero-order valence-electron chi connectivity index (χ0n) is 8.40. The van der Waals surface area contributed by atoms with Gasteiger partial charge in [0.25, 0.3) is 0 Å². The number of rotatable bonds is 3. The Bertz CT molecular complexity index is 461. The van der Waals surface area contributed by atoms with Gasteiger partial charge >= 0.3 is 0 Å². The lowest BCUT2D eigenvalue weighted by Gasteiger charge is -1.99. The van der Waals surface area contributed by atoms with E-state index in [0.717, 1.165) is 6.54 Å². The van der Waals surface area contributed by atoms with E-state index >= 15 is 0 Å². The second kappa shape index (κ2) is 4.63. The van der Waals surface area contributed by atoms with Crippen LogP contribution in [0.1, 0.15) is 15.3 Å². The summed E-state index contributed by atoms with van der Waals surface area (Å²) in [6, 6.07) is 2.18. The second-order valence-corrected chi connectivity index (χ2v) is 5.94. The molecule has 2 heterocycles. The van der Waals surface area contributed by atoms with Gasteiger partial charge in [0.15, 0.2) is 0 Å². The Labute approximate surface area is 106 Å². The van der Waals surface area contributed by atoms with Gasteiger partial charge in [0.1, 0.15) is 0 Å². The molecule has 2 rings (SSSR count). The van der Waals surface area contributed by atoms with Crippen molar-refractivity contribution in [2.45, 2.75) is 20.0 Å². The van der Waals surface area contributed by atoms with Gasteiger partial charge in [-0.25, -0.2) is 0 Å². The number of aromatic nitrogens is 2. The predicted octanol–water partition coefficient (Wildman–Crippen LogP) is 2.36. The molecule has 15 heavy (non-hydrogen) atoms. The summed E-state index contributed by atoms with van der Waals surface area (Å²) in [6.45, 7) is 3.60. The van der Waals surface area contributed by atoms with Crippen LogP contribution in [0, 0.1) is 10.5 Å². The van der Waals surface area contributed by atoms with E-state index in [1.54, 1.807) is 11.3 Å². The van der Waals surface area contributed by atoms with E-state index in [-0.39, 0.29) is 0 Å². The fraction of sp³-hybridized carbons (Fsp3) is 0.300.